The average molecular weight is 246 g/mol. The first-order valence-corrected chi connectivity index (χ1v) is 4.62. The van der Waals surface area contributed by atoms with E-state index in [2.05, 4.69) is 20.9 Å². The fraction of sp³-hybridized carbons (Fsp3) is 0.125. The second-order valence-electron chi connectivity index (χ2n) is 2.56. The van der Waals surface area contributed by atoms with Crippen LogP contribution in [0.2, 0.25) is 5.15 Å². The minimum Gasteiger partial charge on any atom is -0.338 e. The maximum Gasteiger partial charge on any atom is 0.138 e. The Balaban J connectivity index is 2.95. The Kier molecular flexibility index (Phi) is 1.85. The molecule has 4 heteroatoms. The fourth-order valence-electron chi connectivity index (χ4n) is 1.20. The number of halogens is 2. The van der Waals surface area contributed by atoms with Crippen molar-refractivity contribution >= 4 is 38.4 Å². The van der Waals surface area contributed by atoms with Gasteiger partial charge in [0, 0.05) is 18.6 Å². The van der Waals surface area contributed by atoms with Crippen molar-refractivity contribution in [3.63, 3.8) is 0 Å². The van der Waals surface area contributed by atoms with Crippen LogP contribution in [0, 0.1) is 0 Å². The van der Waals surface area contributed by atoms with E-state index in [1.165, 1.54) is 0 Å². The predicted molar refractivity (Wildman–Crippen MR) is 53.4 cm³/mol. The monoisotopic (exact) mass is 244 g/mol. The molecule has 0 fully saturated rings. The van der Waals surface area contributed by atoms with Crippen LogP contribution >= 0.6 is 27.5 Å². The molecule has 0 radical (unpaired) electrons. The summed E-state index contributed by atoms with van der Waals surface area (Å²) in [5.41, 5.74) is 1.09. The van der Waals surface area contributed by atoms with Crippen molar-refractivity contribution in [2.75, 3.05) is 0 Å². The second kappa shape index (κ2) is 2.75. The molecule has 0 atom stereocenters. The summed E-state index contributed by atoms with van der Waals surface area (Å²) >= 11 is 9.32. The normalized spacial score (nSPS) is 10.9. The number of rotatable bonds is 0. The lowest BCUT2D eigenvalue weighted by atomic mass is 10.3. The highest BCUT2D eigenvalue weighted by Gasteiger charge is 2.05. The summed E-state index contributed by atoms with van der Waals surface area (Å²) in [5.74, 6) is 0. The molecule has 2 nitrogen and oxygen atoms in total. The standard InChI is InChI=1S/C8H6BrClN2/c1-12-6-2-3-11-8(10)5(6)4-7(12)9/h2-4H,1H3. The third-order valence-electron chi connectivity index (χ3n) is 1.86. The van der Waals surface area contributed by atoms with Crippen molar-refractivity contribution < 1.29 is 0 Å². The van der Waals surface area contributed by atoms with Crippen LogP contribution in [0.25, 0.3) is 10.9 Å². The van der Waals surface area contributed by atoms with Gasteiger partial charge in [-0.1, -0.05) is 11.6 Å². The number of aryl methyl sites for hydroxylation is 1. The molecule has 12 heavy (non-hydrogen) atoms. The van der Waals surface area contributed by atoms with E-state index in [9.17, 15) is 0 Å². The van der Waals surface area contributed by atoms with Crippen LogP contribution in [-0.4, -0.2) is 9.55 Å². The molecular weight excluding hydrogens is 239 g/mol. The largest absolute Gasteiger partial charge is 0.338 e. The molecule has 0 amide bonds. The Morgan fingerprint density at radius 3 is 3.00 bits per heavy atom. The highest BCUT2D eigenvalue weighted by Crippen LogP contribution is 2.26. The molecule has 0 N–H and O–H groups in total. The Morgan fingerprint density at radius 1 is 1.58 bits per heavy atom. The van der Waals surface area contributed by atoms with Gasteiger partial charge in [-0.3, -0.25) is 0 Å². The van der Waals surface area contributed by atoms with Gasteiger partial charge < -0.3 is 4.57 Å². The molecule has 0 aromatic carbocycles. The Hall–Kier alpha value is -0.540. The topological polar surface area (TPSA) is 17.8 Å². The lowest BCUT2D eigenvalue weighted by Crippen LogP contribution is -1.86. The number of aromatic nitrogens is 2. The predicted octanol–water partition coefficient (Wildman–Crippen LogP) is 2.99. The first-order chi connectivity index (χ1) is 5.70. The van der Waals surface area contributed by atoms with Crippen molar-refractivity contribution in [2.24, 2.45) is 7.05 Å². The minimum atomic E-state index is 0.550. The zero-order valence-corrected chi connectivity index (χ0v) is 8.72. The molecule has 2 rings (SSSR count). The van der Waals surface area contributed by atoms with Crippen LogP contribution in [-0.2, 0) is 7.05 Å². The molecule has 0 spiro atoms. The maximum atomic E-state index is 5.90. The molecule has 0 unspecified atom stereocenters. The van der Waals surface area contributed by atoms with Gasteiger partial charge in [0.25, 0.3) is 0 Å². The van der Waals surface area contributed by atoms with Crippen molar-refractivity contribution in [1.29, 1.82) is 0 Å². The summed E-state index contributed by atoms with van der Waals surface area (Å²) in [5, 5.41) is 1.53. The van der Waals surface area contributed by atoms with E-state index in [1.54, 1.807) is 6.20 Å². The zero-order valence-electron chi connectivity index (χ0n) is 6.38. The number of fused-ring (bicyclic) bond motifs is 1. The van der Waals surface area contributed by atoms with Gasteiger partial charge in [0.2, 0.25) is 0 Å². The van der Waals surface area contributed by atoms with E-state index >= 15 is 0 Å². The number of pyridine rings is 1. The first kappa shape index (κ1) is 8.08. The lowest BCUT2D eigenvalue weighted by Gasteiger charge is -1.96. The summed E-state index contributed by atoms with van der Waals surface area (Å²) in [4.78, 5) is 3.99. The highest BCUT2D eigenvalue weighted by molar-refractivity contribution is 9.10. The minimum absolute atomic E-state index is 0.550. The molecule has 0 aliphatic rings. The van der Waals surface area contributed by atoms with Gasteiger partial charge in [-0.25, -0.2) is 4.98 Å². The van der Waals surface area contributed by atoms with E-state index < -0.39 is 0 Å². The van der Waals surface area contributed by atoms with E-state index in [4.69, 9.17) is 11.6 Å². The molecule has 2 heterocycles. The van der Waals surface area contributed by atoms with Crippen molar-refractivity contribution in [2.45, 2.75) is 0 Å². The van der Waals surface area contributed by atoms with Gasteiger partial charge in [-0.15, -0.1) is 0 Å². The SMILES string of the molecule is Cn1c(Br)cc2c(Cl)nccc21. The Labute approximate surface area is 83.3 Å². The summed E-state index contributed by atoms with van der Waals surface area (Å²) in [7, 11) is 1.97. The molecule has 0 saturated carbocycles. The molecule has 62 valence electrons. The smallest absolute Gasteiger partial charge is 0.138 e. The first-order valence-electron chi connectivity index (χ1n) is 3.45. The molecular formula is C8H6BrClN2. The summed E-state index contributed by atoms with van der Waals surface area (Å²) < 4.78 is 3.02. The molecule has 0 aliphatic carbocycles. The van der Waals surface area contributed by atoms with Crippen molar-refractivity contribution in [3.8, 4) is 0 Å². The van der Waals surface area contributed by atoms with Gasteiger partial charge in [0.1, 0.15) is 5.15 Å². The molecule has 0 bridgehead atoms. The maximum absolute atomic E-state index is 5.90. The molecule has 2 aromatic rings. The quantitative estimate of drug-likeness (QED) is 0.653. The second-order valence-corrected chi connectivity index (χ2v) is 3.73. The van der Waals surface area contributed by atoms with E-state index in [0.29, 0.717) is 5.15 Å². The van der Waals surface area contributed by atoms with Gasteiger partial charge in [-0.05, 0) is 28.1 Å². The molecule has 0 saturated heterocycles. The number of hydrogen-bond donors (Lipinski definition) is 0. The van der Waals surface area contributed by atoms with E-state index in [0.717, 1.165) is 15.5 Å². The summed E-state index contributed by atoms with van der Waals surface area (Å²) in [6, 6.07) is 3.90. The van der Waals surface area contributed by atoms with Gasteiger partial charge in [-0.2, -0.15) is 0 Å². The third kappa shape index (κ3) is 1.04. The highest BCUT2D eigenvalue weighted by atomic mass is 79.9. The fourth-order valence-corrected chi connectivity index (χ4v) is 1.82. The van der Waals surface area contributed by atoms with Crippen molar-refractivity contribution in [3.05, 3.63) is 28.1 Å². The van der Waals surface area contributed by atoms with Crippen LogP contribution < -0.4 is 0 Å². The molecule has 0 aliphatic heterocycles. The van der Waals surface area contributed by atoms with E-state index in [-0.39, 0.29) is 0 Å². The summed E-state index contributed by atoms with van der Waals surface area (Å²) in [6.45, 7) is 0. The third-order valence-corrected chi connectivity index (χ3v) is 2.93. The van der Waals surface area contributed by atoms with E-state index in [1.807, 2.05) is 23.7 Å². The van der Waals surface area contributed by atoms with Crippen LogP contribution in [0.5, 0.6) is 0 Å². The number of nitrogens with zero attached hydrogens (tertiary/aromatic N) is 2. The van der Waals surface area contributed by atoms with Gasteiger partial charge in [0.15, 0.2) is 0 Å². The lowest BCUT2D eigenvalue weighted by molar-refractivity contribution is 0.940. The Morgan fingerprint density at radius 2 is 2.33 bits per heavy atom. The molecule has 2 aromatic heterocycles. The number of hydrogen-bond acceptors (Lipinski definition) is 1. The zero-order chi connectivity index (χ0) is 8.72. The van der Waals surface area contributed by atoms with Crippen LogP contribution in [0.15, 0.2) is 22.9 Å². The van der Waals surface area contributed by atoms with Crippen molar-refractivity contribution in [1.82, 2.24) is 9.55 Å². The van der Waals surface area contributed by atoms with Gasteiger partial charge in [0.05, 0.1) is 10.1 Å². The average Bonchev–Trinajstić information content (AvgIpc) is 2.32. The van der Waals surface area contributed by atoms with Crippen LogP contribution in [0.3, 0.4) is 0 Å². The Bertz CT molecular complexity index is 436. The summed E-state index contributed by atoms with van der Waals surface area (Å²) in [6.07, 6.45) is 1.71. The van der Waals surface area contributed by atoms with Crippen LogP contribution in [0.1, 0.15) is 0 Å². The van der Waals surface area contributed by atoms with Gasteiger partial charge >= 0.3 is 0 Å². The van der Waals surface area contributed by atoms with Crippen LogP contribution in [0.4, 0.5) is 0 Å².